The van der Waals surface area contributed by atoms with Crippen LogP contribution in [0.5, 0.6) is 0 Å². The topological polar surface area (TPSA) is 58.6 Å². The molecule has 4 heteroatoms. The highest BCUT2D eigenvalue weighted by Gasteiger charge is 2.25. The van der Waals surface area contributed by atoms with E-state index in [1.165, 1.54) is 0 Å². The Bertz CT molecular complexity index is 182. The normalized spacial score (nSPS) is 22.6. The molecule has 0 bridgehead atoms. The largest absolute Gasteiger partial charge is 0.385 e. The Kier molecular flexibility index (Phi) is 3.55. The van der Waals surface area contributed by atoms with Gasteiger partial charge in [-0.1, -0.05) is 13.8 Å². The van der Waals surface area contributed by atoms with Gasteiger partial charge in [0.05, 0.1) is 5.04 Å². The van der Waals surface area contributed by atoms with E-state index in [0.717, 1.165) is 17.3 Å². The summed E-state index contributed by atoms with van der Waals surface area (Å²) in [7, 11) is 0. The third-order valence-corrected chi connectivity index (χ3v) is 3.05. The van der Waals surface area contributed by atoms with E-state index < -0.39 is 6.10 Å². The molecule has 0 saturated carbocycles. The molecule has 3 nitrogen and oxygen atoms in total. The van der Waals surface area contributed by atoms with Crippen LogP contribution in [0.15, 0.2) is 4.99 Å². The van der Waals surface area contributed by atoms with Crippen molar-refractivity contribution in [3.63, 3.8) is 0 Å². The Morgan fingerprint density at radius 2 is 2.25 bits per heavy atom. The summed E-state index contributed by atoms with van der Waals surface area (Å²) in [4.78, 5) is 4.19. The van der Waals surface area contributed by atoms with E-state index in [0.29, 0.717) is 5.92 Å². The van der Waals surface area contributed by atoms with Crippen LogP contribution in [0.3, 0.4) is 0 Å². The zero-order valence-electron chi connectivity index (χ0n) is 7.53. The number of aliphatic hydroxyl groups is 1. The zero-order chi connectivity index (χ0) is 9.14. The van der Waals surface area contributed by atoms with Crippen LogP contribution in [-0.2, 0) is 0 Å². The highest BCUT2D eigenvalue weighted by Crippen LogP contribution is 2.18. The second-order valence-corrected chi connectivity index (χ2v) is 4.45. The van der Waals surface area contributed by atoms with Crippen molar-refractivity contribution >= 4 is 16.8 Å². The molecule has 1 heterocycles. The molecule has 0 amide bonds. The molecule has 0 aromatic heterocycles. The Hall–Kier alpha value is -0.0600. The first kappa shape index (κ1) is 10.0. The fraction of sp³-hybridized carbons (Fsp3) is 0.875. The van der Waals surface area contributed by atoms with Gasteiger partial charge < -0.3 is 10.8 Å². The predicted octanol–water partition coefficient (Wildman–Crippen LogP) is 0.476. The van der Waals surface area contributed by atoms with Crippen molar-refractivity contribution in [2.75, 3.05) is 12.3 Å². The van der Waals surface area contributed by atoms with Crippen molar-refractivity contribution in [2.45, 2.75) is 26.0 Å². The molecule has 0 fully saturated rings. The van der Waals surface area contributed by atoms with Crippen LogP contribution in [0.1, 0.15) is 13.8 Å². The Balaban J connectivity index is 2.51. The monoisotopic (exact) mass is 188 g/mol. The number of thioether (sulfide) groups is 1. The summed E-state index contributed by atoms with van der Waals surface area (Å²) in [5.74, 6) is 1.28. The molecule has 0 aliphatic carbocycles. The van der Waals surface area contributed by atoms with Crippen LogP contribution in [-0.4, -0.2) is 34.6 Å². The summed E-state index contributed by atoms with van der Waals surface area (Å²) >= 11 is 1.62. The van der Waals surface area contributed by atoms with Gasteiger partial charge in [-0.25, -0.2) is 0 Å². The standard InChI is InChI=1S/C8H16N2OS/c1-5(2)6(9)7(11)8-10-3-4-12-8/h5-7,11H,3-4,9H2,1-2H3/t6-,7?/m0/s1. The molecule has 3 N–H and O–H groups in total. The number of hydrogen-bond acceptors (Lipinski definition) is 4. The van der Waals surface area contributed by atoms with Crippen LogP contribution in [0, 0.1) is 5.92 Å². The summed E-state index contributed by atoms with van der Waals surface area (Å²) in [5.41, 5.74) is 5.80. The number of rotatable bonds is 3. The minimum atomic E-state index is -0.558. The Labute approximate surface area is 77.4 Å². The molecular formula is C8H16N2OS. The molecule has 0 saturated heterocycles. The van der Waals surface area contributed by atoms with Gasteiger partial charge in [-0.3, -0.25) is 4.99 Å². The van der Waals surface area contributed by atoms with Crippen LogP contribution in [0.2, 0.25) is 0 Å². The molecule has 0 radical (unpaired) electrons. The van der Waals surface area contributed by atoms with Crippen molar-refractivity contribution in [3.05, 3.63) is 0 Å². The summed E-state index contributed by atoms with van der Waals surface area (Å²) < 4.78 is 0. The minimum absolute atomic E-state index is 0.186. The van der Waals surface area contributed by atoms with E-state index in [-0.39, 0.29) is 6.04 Å². The fourth-order valence-corrected chi connectivity index (χ4v) is 1.96. The minimum Gasteiger partial charge on any atom is -0.385 e. The zero-order valence-corrected chi connectivity index (χ0v) is 8.34. The molecule has 0 spiro atoms. The number of hydrogen-bond donors (Lipinski definition) is 2. The smallest absolute Gasteiger partial charge is 0.117 e. The SMILES string of the molecule is CC(C)[C@H](N)C(O)C1=NCCS1. The van der Waals surface area contributed by atoms with E-state index in [2.05, 4.69) is 4.99 Å². The van der Waals surface area contributed by atoms with Crippen LogP contribution >= 0.6 is 11.8 Å². The first-order valence-electron chi connectivity index (χ1n) is 4.23. The average Bonchev–Trinajstić information content (AvgIpc) is 2.53. The van der Waals surface area contributed by atoms with Gasteiger partial charge in [0.15, 0.2) is 0 Å². The highest BCUT2D eigenvalue weighted by molar-refractivity contribution is 8.14. The van der Waals surface area contributed by atoms with Gasteiger partial charge in [0, 0.05) is 18.3 Å². The van der Waals surface area contributed by atoms with Crippen LogP contribution in [0.25, 0.3) is 0 Å². The molecule has 1 aliphatic rings. The van der Waals surface area contributed by atoms with Crippen LogP contribution < -0.4 is 5.73 Å². The summed E-state index contributed by atoms with van der Waals surface area (Å²) in [6, 6.07) is -0.186. The van der Waals surface area contributed by atoms with Gasteiger partial charge in [0.1, 0.15) is 6.10 Å². The van der Waals surface area contributed by atoms with Crippen LogP contribution in [0.4, 0.5) is 0 Å². The lowest BCUT2D eigenvalue weighted by atomic mass is 10.0. The molecule has 1 unspecified atom stereocenters. The van der Waals surface area contributed by atoms with Crippen molar-refractivity contribution in [1.29, 1.82) is 0 Å². The second kappa shape index (κ2) is 4.25. The number of aliphatic hydroxyl groups excluding tert-OH is 1. The number of nitrogens with zero attached hydrogens (tertiary/aromatic N) is 1. The lowest BCUT2D eigenvalue weighted by molar-refractivity contribution is 0.188. The summed E-state index contributed by atoms with van der Waals surface area (Å²) in [6.07, 6.45) is -0.558. The second-order valence-electron chi connectivity index (χ2n) is 3.33. The fourth-order valence-electron chi connectivity index (χ4n) is 1.06. The lowest BCUT2D eigenvalue weighted by Gasteiger charge is -2.21. The molecule has 0 aromatic rings. The molecule has 70 valence electrons. The Morgan fingerprint density at radius 3 is 2.67 bits per heavy atom. The molecule has 2 atom stereocenters. The van der Waals surface area contributed by atoms with E-state index >= 15 is 0 Å². The predicted molar refractivity (Wildman–Crippen MR) is 53.6 cm³/mol. The first-order chi connectivity index (χ1) is 5.63. The number of nitrogens with two attached hydrogens (primary N) is 1. The molecular weight excluding hydrogens is 172 g/mol. The third kappa shape index (κ3) is 2.21. The van der Waals surface area contributed by atoms with E-state index in [4.69, 9.17) is 5.73 Å². The first-order valence-corrected chi connectivity index (χ1v) is 5.22. The van der Waals surface area contributed by atoms with Gasteiger partial charge in [-0.2, -0.15) is 0 Å². The van der Waals surface area contributed by atoms with Gasteiger partial charge in [-0.15, -0.1) is 11.8 Å². The van der Waals surface area contributed by atoms with E-state index in [9.17, 15) is 5.11 Å². The molecule has 12 heavy (non-hydrogen) atoms. The van der Waals surface area contributed by atoms with Gasteiger partial charge in [0.25, 0.3) is 0 Å². The Morgan fingerprint density at radius 1 is 1.58 bits per heavy atom. The maximum absolute atomic E-state index is 9.71. The molecule has 1 aliphatic heterocycles. The molecule has 1 rings (SSSR count). The van der Waals surface area contributed by atoms with Crippen molar-refractivity contribution in [1.82, 2.24) is 0 Å². The number of aliphatic imine (C=N–C) groups is 1. The summed E-state index contributed by atoms with van der Waals surface area (Å²) in [5, 5.41) is 10.5. The van der Waals surface area contributed by atoms with Crippen molar-refractivity contribution in [3.8, 4) is 0 Å². The lowest BCUT2D eigenvalue weighted by Crippen LogP contribution is -2.42. The van der Waals surface area contributed by atoms with Crippen molar-refractivity contribution in [2.24, 2.45) is 16.6 Å². The van der Waals surface area contributed by atoms with E-state index in [1.807, 2.05) is 13.8 Å². The summed E-state index contributed by atoms with van der Waals surface area (Å²) in [6.45, 7) is 4.84. The van der Waals surface area contributed by atoms with Crippen molar-refractivity contribution < 1.29 is 5.11 Å². The maximum Gasteiger partial charge on any atom is 0.117 e. The quantitative estimate of drug-likeness (QED) is 0.677. The van der Waals surface area contributed by atoms with Gasteiger partial charge in [-0.05, 0) is 5.92 Å². The maximum atomic E-state index is 9.71. The highest BCUT2D eigenvalue weighted by atomic mass is 32.2. The van der Waals surface area contributed by atoms with E-state index in [1.54, 1.807) is 11.8 Å². The third-order valence-electron chi connectivity index (χ3n) is 2.00. The average molecular weight is 188 g/mol. The molecule has 0 aromatic carbocycles. The van der Waals surface area contributed by atoms with Gasteiger partial charge >= 0.3 is 0 Å². The van der Waals surface area contributed by atoms with Gasteiger partial charge in [0.2, 0.25) is 0 Å².